The Hall–Kier alpha value is -1.01. The second-order valence-corrected chi connectivity index (χ2v) is 2.53. The number of hydrogen-bond acceptors (Lipinski definition) is 3. The molecule has 0 unspecified atom stereocenters. The molecule has 0 N–H and O–H groups in total. The summed E-state index contributed by atoms with van der Waals surface area (Å²) in [6.07, 6.45) is 3.58. The van der Waals surface area contributed by atoms with Crippen molar-refractivity contribution in [1.29, 1.82) is 5.26 Å². The van der Waals surface area contributed by atoms with Gasteiger partial charge in [-0.3, -0.25) is 0 Å². The van der Waals surface area contributed by atoms with Crippen LogP contribution in [-0.4, -0.2) is 11.2 Å². The second kappa shape index (κ2) is 3.23. The van der Waals surface area contributed by atoms with Crippen molar-refractivity contribution in [1.82, 2.24) is 4.98 Å². The molecule has 1 aromatic heterocycles. The summed E-state index contributed by atoms with van der Waals surface area (Å²) in [7, 11) is 0. The van der Waals surface area contributed by atoms with Crippen molar-refractivity contribution >= 4 is 11.8 Å². The average Bonchev–Trinajstić information content (AvgIpc) is 2.05. The molecular formula is C7H6N2S. The van der Waals surface area contributed by atoms with Gasteiger partial charge in [-0.1, -0.05) is 0 Å². The third-order valence-electron chi connectivity index (χ3n) is 1.07. The molecule has 0 fully saturated rings. The molecule has 0 aliphatic heterocycles. The quantitative estimate of drug-likeness (QED) is 0.571. The summed E-state index contributed by atoms with van der Waals surface area (Å²) in [5.41, 5.74) is 0.666. The molecule has 0 spiro atoms. The smallest absolute Gasteiger partial charge is 0.0993 e. The lowest BCUT2D eigenvalue weighted by molar-refractivity contribution is 1.13. The van der Waals surface area contributed by atoms with E-state index in [-0.39, 0.29) is 0 Å². The van der Waals surface area contributed by atoms with E-state index < -0.39 is 0 Å². The third kappa shape index (κ3) is 1.49. The van der Waals surface area contributed by atoms with Crippen LogP contribution in [-0.2, 0) is 0 Å². The molecule has 0 amide bonds. The van der Waals surface area contributed by atoms with Gasteiger partial charge in [0.15, 0.2) is 0 Å². The van der Waals surface area contributed by atoms with Crippen LogP contribution in [0.3, 0.4) is 0 Å². The highest BCUT2D eigenvalue weighted by Gasteiger charge is 1.91. The molecule has 0 aliphatic rings. The van der Waals surface area contributed by atoms with Gasteiger partial charge in [-0.15, -0.1) is 11.8 Å². The molecule has 0 saturated carbocycles. The Bertz CT molecular complexity index is 265. The number of nitrogens with zero attached hydrogens (tertiary/aromatic N) is 2. The minimum atomic E-state index is 0.666. The number of aromatic nitrogens is 1. The standard InChI is InChI=1S/C7H6N2S/c1-10-7-4-6(5-8)2-3-9-7/h2-4H,1H3. The van der Waals surface area contributed by atoms with Gasteiger partial charge in [-0.25, -0.2) is 4.98 Å². The summed E-state index contributed by atoms with van der Waals surface area (Å²) in [5, 5.41) is 9.36. The minimum absolute atomic E-state index is 0.666. The van der Waals surface area contributed by atoms with Crippen molar-refractivity contribution in [3.63, 3.8) is 0 Å². The van der Waals surface area contributed by atoms with Gasteiger partial charge in [-0.2, -0.15) is 5.26 Å². The Morgan fingerprint density at radius 1 is 1.70 bits per heavy atom. The highest BCUT2D eigenvalue weighted by atomic mass is 32.2. The van der Waals surface area contributed by atoms with E-state index in [1.807, 2.05) is 12.3 Å². The third-order valence-corrected chi connectivity index (χ3v) is 1.71. The van der Waals surface area contributed by atoms with Gasteiger partial charge in [0, 0.05) is 6.20 Å². The van der Waals surface area contributed by atoms with Crippen molar-refractivity contribution in [2.24, 2.45) is 0 Å². The Morgan fingerprint density at radius 3 is 3.10 bits per heavy atom. The largest absolute Gasteiger partial charge is 0.250 e. The number of nitriles is 1. The van der Waals surface area contributed by atoms with Crippen LogP contribution in [0.2, 0.25) is 0 Å². The van der Waals surface area contributed by atoms with Gasteiger partial charge in [0.25, 0.3) is 0 Å². The Kier molecular flexibility index (Phi) is 2.30. The van der Waals surface area contributed by atoms with Crippen molar-refractivity contribution in [2.45, 2.75) is 5.03 Å². The van der Waals surface area contributed by atoms with Crippen LogP contribution in [0.25, 0.3) is 0 Å². The first-order valence-electron chi connectivity index (χ1n) is 2.77. The Morgan fingerprint density at radius 2 is 2.50 bits per heavy atom. The van der Waals surface area contributed by atoms with Gasteiger partial charge >= 0.3 is 0 Å². The zero-order valence-electron chi connectivity index (χ0n) is 5.53. The molecule has 0 aromatic carbocycles. The van der Waals surface area contributed by atoms with Crippen LogP contribution < -0.4 is 0 Å². The minimum Gasteiger partial charge on any atom is -0.250 e. The first-order valence-corrected chi connectivity index (χ1v) is 3.99. The van der Waals surface area contributed by atoms with E-state index in [4.69, 9.17) is 5.26 Å². The highest BCUT2D eigenvalue weighted by molar-refractivity contribution is 7.98. The van der Waals surface area contributed by atoms with E-state index in [1.54, 1.807) is 18.3 Å². The fourth-order valence-corrected chi connectivity index (χ4v) is 1.00. The highest BCUT2D eigenvalue weighted by Crippen LogP contribution is 2.11. The van der Waals surface area contributed by atoms with Crippen molar-refractivity contribution in [3.8, 4) is 6.07 Å². The van der Waals surface area contributed by atoms with Crippen LogP contribution in [0, 0.1) is 11.3 Å². The lowest BCUT2D eigenvalue weighted by atomic mass is 10.3. The summed E-state index contributed by atoms with van der Waals surface area (Å²) in [6.45, 7) is 0. The Balaban J connectivity index is 3.01. The second-order valence-electron chi connectivity index (χ2n) is 1.70. The summed E-state index contributed by atoms with van der Waals surface area (Å²) >= 11 is 1.54. The molecule has 0 radical (unpaired) electrons. The van der Waals surface area contributed by atoms with Crippen LogP contribution in [0.1, 0.15) is 5.56 Å². The van der Waals surface area contributed by atoms with E-state index in [1.165, 1.54) is 11.8 Å². The molecule has 1 heterocycles. The monoisotopic (exact) mass is 150 g/mol. The lowest BCUT2D eigenvalue weighted by Crippen LogP contribution is -1.79. The fourth-order valence-electron chi connectivity index (χ4n) is 0.591. The SMILES string of the molecule is CSc1cc(C#N)ccn1. The predicted molar refractivity (Wildman–Crippen MR) is 40.7 cm³/mol. The van der Waals surface area contributed by atoms with Crippen molar-refractivity contribution < 1.29 is 0 Å². The molecule has 1 rings (SSSR count). The van der Waals surface area contributed by atoms with E-state index in [9.17, 15) is 0 Å². The Labute approximate surface area is 63.9 Å². The van der Waals surface area contributed by atoms with Crippen molar-refractivity contribution in [2.75, 3.05) is 6.26 Å². The summed E-state index contributed by atoms with van der Waals surface area (Å²) in [4.78, 5) is 4.02. The maximum Gasteiger partial charge on any atom is 0.0993 e. The maximum absolute atomic E-state index is 8.47. The first kappa shape index (κ1) is 7.10. The van der Waals surface area contributed by atoms with Gasteiger partial charge in [0.05, 0.1) is 16.7 Å². The normalized spacial score (nSPS) is 8.80. The maximum atomic E-state index is 8.47. The molecule has 0 saturated heterocycles. The van der Waals surface area contributed by atoms with Gasteiger partial charge in [0.2, 0.25) is 0 Å². The van der Waals surface area contributed by atoms with E-state index in [0.717, 1.165) is 5.03 Å². The fraction of sp³-hybridized carbons (Fsp3) is 0.143. The topological polar surface area (TPSA) is 36.7 Å². The van der Waals surface area contributed by atoms with E-state index in [2.05, 4.69) is 4.98 Å². The van der Waals surface area contributed by atoms with E-state index in [0.29, 0.717) is 5.56 Å². The number of thioether (sulfide) groups is 1. The number of rotatable bonds is 1. The zero-order chi connectivity index (χ0) is 7.40. The average molecular weight is 150 g/mol. The first-order chi connectivity index (χ1) is 4.86. The van der Waals surface area contributed by atoms with Gasteiger partial charge in [0.1, 0.15) is 0 Å². The molecule has 10 heavy (non-hydrogen) atoms. The molecule has 3 heteroatoms. The molecule has 0 aliphatic carbocycles. The molecule has 0 bridgehead atoms. The van der Waals surface area contributed by atoms with Crippen LogP contribution >= 0.6 is 11.8 Å². The molecule has 1 aromatic rings. The molecular weight excluding hydrogens is 144 g/mol. The number of pyridine rings is 1. The number of hydrogen-bond donors (Lipinski definition) is 0. The van der Waals surface area contributed by atoms with Crippen LogP contribution in [0.4, 0.5) is 0 Å². The van der Waals surface area contributed by atoms with Crippen LogP contribution in [0.15, 0.2) is 23.4 Å². The van der Waals surface area contributed by atoms with Crippen LogP contribution in [0.5, 0.6) is 0 Å². The van der Waals surface area contributed by atoms with E-state index >= 15 is 0 Å². The lowest BCUT2D eigenvalue weighted by Gasteiger charge is -1.92. The molecule has 50 valence electrons. The molecule has 2 nitrogen and oxygen atoms in total. The zero-order valence-corrected chi connectivity index (χ0v) is 6.35. The molecule has 0 atom stereocenters. The van der Waals surface area contributed by atoms with Gasteiger partial charge < -0.3 is 0 Å². The predicted octanol–water partition coefficient (Wildman–Crippen LogP) is 1.68. The summed E-state index contributed by atoms with van der Waals surface area (Å²) in [6, 6.07) is 5.51. The van der Waals surface area contributed by atoms with Crippen molar-refractivity contribution in [3.05, 3.63) is 23.9 Å². The summed E-state index contributed by atoms with van der Waals surface area (Å²) in [5.74, 6) is 0. The van der Waals surface area contributed by atoms with Gasteiger partial charge in [-0.05, 0) is 18.4 Å². The summed E-state index contributed by atoms with van der Waals surface area (Å²) < 4.78 is 0.